The van der Waals surface area contributed by atoms with E-state index in [0.717, 1.165) is 0 Å². The second kappa shape index (κ2) is 9.73. The first-order chi connectivity index (χ1) is 15.9. The molecule has 5 atom stereocenters. The topological polar surface area (TPSA) is 155 Å². The van der Waals surface area contributed by atoms with E-state index in [-0.39, 0.29) is 25.6 Å². The van der Waals surface area contributed by atoms with Crippen molar-refractivity contribution in [3.8, 4) is 0 Å². The number of nitrogens with zero attached hydrogens (tertiary/aromatic N) is 5. The number of Topliss-reactive ketones (excluding diaryl/α,β-unsaturated/α-hetero) is 1. The summed E-state index contributed by atoms with van der Waals surface area (Å²) in [5.41, 5.74) is 5.32. The van der Waals surface area contributed by atoms with Crippen molar-refractivity contribution in [2.45, 2.75) is 30.2 Å². The summed E-state index contributed by atoms with van der Waals surface area (Å²) in [4.78, 5) is 33.1. The molecule has 1 aromatic rings. The number of fused-ring (bicyclic) bond motifs is 1. The van der Waals surface area contributed by atoms with Gasteiger partial charge in [-0.15, -0.1) is 0 Å². The third-order valence-corrected chi connectivity index (χ3v) is 5.59. The van der Waals surface area contributed by atoms with Crippen molar-refractivity contribution in [3.05, 3.63) is 35.9 Å². The Hall–Kier alpha value is -2.58. The number of aliphatic hydroxyl groups excluding tert-OH is 2. The highest BCUT2D eigenvalue weighted by Crippen LogP contribution is 2.31. The number of ketones is 1. The molecular formula is C21H28N6O6. The van der Waals surface area contributed by atoms with E-state index in [1.807, 2.05) is 0 Å². The minimum atomic E-state index is -1.74. The molecule has 0 aromatic heterocycles. The van der Waals surface area contributed by atoms with Crippen molar-refractivity contribution >= 4 is 23.7 Å². The number of hydrogen-bond acceptors (Lipinski definition) is 12. The number of nitrogens with two attached hydrogens (primary N) is 1. The zero-order chi connectivity index (χ0) is 23.6. The number of carbonyl (C=O) groups is 1. The number of amidine groups is 1. The number of carbonyl (C=O) groups excluding carboxylic acids is 1. The molecular weight excluding hydrogens is 432 g/mol. The number of rotatable bonds is 9. The molecule has 33 heavy (non-hydrogen) atoms. The van der Waals surface area contributed by atoms with E-state index in [9.17, 15) is 15.0 Å². The Labute approximate surface area is 190 Å². The minimum absolute atomic E-state index is 0.0716. The molecule has 4 rings (SSSR count). The Morgan fingerprint density at radius 1 is 1.33 bits per heavy atom. The number of hydrogen-bond donors (Lipinski definition) is 3. The predicted molar refractivity (Wildman–Crippen MR) is 119 cm³/mol. The lowest BCUT2D eigenvalue weighted by molar-refractivity contribution is -0.152. The molecule has 0 aliphatic carbocycles. The normalized spacial score (nSPS) is 31.0. The Kier molecular flexibility index (Phi) is 6.95. The lowest BCUT2D eigenvalue weighted by Gasteiger charge is -2.33. The molecule has 1 fully saturated rings. The zero-order valence-corrected chi connectivity index (χ0v) is 18.4. The summed E-state index contributed by atoms with van der Waals surface area (Å²) >= 11 is 0. The summed E-state index contributed by atoms with van der Waals surface area (Å²) in [6.07, 6.45) is -2.36. The Morgan fingerprint density at radius 3 is 2.79 bits per heavy atom. The number of aliphatic hydroxyl groups is 2. The fraction of sp³-hybridized carbons (Fsp3) is 0.524. The van der Waals surface area contributed by atoms with E-state index >= 15 is 0 Å². The van der Waals surface area contributed by atoms with Crippen LogP contribution in [0.25, 0.3) is 0 Å². The summed E-state index contributed by atoms with van der Waals surface area (Å²) in [6, 6.07) is 8.60. The van der Waals surface area contributed by atoms with Gasteiger partial charge in [-0.05, 0) is 0 Å². The molecule has 3 aliphatic rings. The number of benzene rings is 1. The second-order valence-corrected chi connectivity index (χ2v) is 8.00. The van der Waals surface area contributed by atoms with Crippen LogP contribution in [0.2, 0.25) is 0 Å². The first kappa shape index (κ1) is 23.6. The van der Waals surface area contributed by atoms with E-state index in [2.05, 4.69) is 15.0 Å². The summed E-state index contributed by atoms with van der Waals surface area (Å²) in [5, 5.41) is 21.8. The van der Waals surface area contributed by atoms with Crippen molar-refractivity contribution in [2.24, 2.45) is 20.7 Å². The maximum Gasteiger partial charge on any atom is 0.219 e. The van der Waals surface area contributed by atoms with E-state index in [1.165, 1.54) is 6.34 Å². The lowest BCUT2D eigenvalue weighted by Crippen LogP contribution is -2.59. The van der Waals surface area contributed by atoms with Gasteiger partial charge < -0.3 is 24.6 Å². The molecule has 3 aliphatic heterocycles. The van der Waals surface area contributed by atoms with Crippen molar-refractivity contribution in [1.29, 1.82) is 0 Å². The van der Waals surface area contributed by atoms with Crippen LogP contribution in [-0.4, -0.2) is 115 Å². The number of ether oxygens (including phenoxy) is 2. The fourth-order valence-corrected chi connectivity index (χ4v) is 3.96. The van der Waals surface area contributed by atoms with Crippen LogP contribution in [0.1, 0.15) is 10.4 Å². The number of hydroxylamine groups is 2. The maximum atomic E-state index is 13.2. The summed E-state index contributed by atoms with van der Waals surface area (Å²) < 4.78 is 11.7. The minimum Gasteiger partial charge on any atom is -0.394 e. The van der Waals surface area contributed by atoms with Gasteiger partial charge in [-0.3, -0.25) is 20.4 Å². The van der Waals surface area contributed by atoms with Gasteiger partial charge >= 0.3 is 0 Å². The Balaban J connectivity index is 1.54. The molecule has 0 bridgehead atoms. The third kappa shape index (κ3) is 4.46. The largest absolute Gasteiger partial charge is 0.394 e. The molecule has 12 heteroatoms. The quantitative estimate of drug-likeness (QED) is 0.230. The van der Waals surface area contributed by atoms with Crippen molar-refractivity contribution < 1.29 is 29.3 Å². The van der Waals surface area contributed by atoms with Gasteiger partial charge in [-0.2, -0.15) is 5.06 Å². The monoisotopic (exact) mass is 460 g/mol. The van der Waals surface area contributed by atoms with Crippen molar-refractivity contribution in [3.63, 3.8) is 0 Å². The highest BCUT2D eigenvalue weighted by molar-refractivity contribution is 6.52. The maximum absolute atomic E-state index is 13.2. The van der Waals surface area contributed by atoms with Gasteiger partial charge in [0.1, 0.15) is 37.0 Å². The van der Waals surface area contributed by atoms with E-state index in [0.29, 0.717) is 11.4 Å². The summed E-state index contributed by atoms with van der Waals surface area (Å²) in [7, 11) is 3.50. The molecule has 4 N–H and O–H groups in total. The Bertz CT molecular complexity index is 954. The van der Waals surface area contributed by atoms with Crippen LogP contribution in [0, 0.1) is 0 Å². The van der Waals surface area contributed by atoms with Gasteiger partial charge in [0.25, 0.3) is 0 Å². The van der Waals surface area contributed by atoms with E-state index in [4.69, 9.17) is 20.0 Å². The molecule has 0 spiro atoms. The van der Waals surface area contributed by atoms with Crippen LogP contribution in [0.4, 0.5) is 0 Å². The summed E-state index contributed by atoms with van der Waals surface area (Å²) in [5.74, 6) is -0.104. The molecule has 0 amide bonds. The van der Waals surface area contributed by atoms with Gasteiger partial charge in [-0.1, -0.05) is 30.3 Å². The van der Waals surface area contributed by atoms with Crippen LogP contribution < -0.4 is 5.73 Å². The molecule has 178 valence electrons. The molecule has 0 radical (unpaired) electrons. The standard InChI is InChI=1S/C21H28N6O6/c1-26(2)32-9-8-31-16-15(29)14(10-28)33-20(16)27-12-24-17-19(27)23-11-25-21(17,22)18(30)13-6-4-3-5-7-13/h3-7,11,14-16,20,28-29H,8-10,12,22H2,1-2H3/t14-,15-,16-,20-,21?/m1/s1. The Morgan fingerprint density at radius 2 is 2.09 bits per heavy atom. The molecule has 3 heterocycles. The van der Waals surface area contributed by atoms with Gasteiger partial charge in [0.15, 0.2) is 12.1 Å². The van der Waals surface area contributed by atoms with Crippen LogP contribution in [0.3, 0.4) is 0 Å². The molecule has 0 saturated carbocycles. The highest BCUT2D eigenvalue weighted by atomic mass is 16.7. The van der Waals surface area contributed by atoms with Gasteiger partial charge in [-0.25, -0.2) is 9.98 Å². The second-order valence-electron chi connectivity index (χ2n) is 8.00. The average Bonchev–Trinajstić information content (AvgIpc) is 3.38. The highest BCUT2D eigenvalue weighted by Gasteiger charge is 2.53. The summed E-state index contributed by atoms with van der Waals surface area (Å²) in [6.45, 7) is 0.122. The van der Waals surface area contributed by atoms with Gasteiger partial charge in [0.2, 0.25) is 11.4 Å². The number of aliphatic imine (C=N–C) groups is 3. The van der Waals surface area contributed by atoms with Crippen LogP contribution >= 0.6 is 0 Å². The van der Waals surface area contributed by atoms with Crippen LogP contribution in [0.15, 0.2) is 45.3 Å². The first-order valence-electron chi connectivity index (χ1n) is 10.5. The van der Waals surface area contributed by atoms with Crippen molar-refractivity contribution in [2.75, 3.05) is 40.6 Å². The van der Waals surface area contributed by atoms with Crippen LogP contribution in [0.5, 0.6) is 0 Å². The third-order valence-electron chi connectivity index (χ3n) is 5.59. The molecule has 1 saturated heterocycles. The van der Waals surface area contributed by atoms with E-state index < -0.39 is 42.6 Å². The first-order valence-corrected chi connectivity index (χ1v) is 10.5. The van der Waals surface area contributed by atoms with Crippen LogP contribution in [-0.2, 0) is 14.3 Å². The molecule has 1 unspecified atom stereocenters. The van der Waals surface area contributed by atoms with Gasteiger partial charge in [0.05, 0.1) is 19.8 Å². The molecule has 12 nitrogen and oxygen atoms in total. The average molecular weight is 460 g/mol. The predicted octanol–water partition coefficient (Wildman–Crippen LogP) is -1.36. The van der Waals surface area contributed by atoms with Gasteiger partial charge in [0, 0.05) is 19.7 Å². The fourth-order valence-electron chi connectivity index (χ4n) is 3.96. The SMILES string of the molecule is CN(C)OCCO[C@@H]1[C@H](O)[C@@H](CO)O[C@H]1N1CN=C2C1=NC=NC2(N)C(=O)c1ccccc1. The lowest BCUT2D eigenvalue weighted by atomic mass is 9.93. The zero-order valence-electron chi connectivity index (χ0n) is 18.4. The van der Waals surface area contributed by atoms with E-state index in [1.54, 1.807) is 54.4 Å². The smallest absolute Gasteiger partial charge is 0.219 e. The molecule has 1 aromatic carbocycles. The van der Waals surface area contributed by atoms with Crippen molar-refractivity contribution in [1.82, 2.24) is 9.96 Å².